The molecule has 0 fully saturated rings. The van der Waals surface area contributed by atoms with Crippen LogP contribution in [0.3, 0.4) is 0 Å². The van der Waals surface area contributed by atoms with Gasteiger partial charge in [0.1, 0.15) is 11.5 Å². The van der Waals surface area contributed by atoms with E-state index in [4.69, 9.17) is 0 Å². The van der Waals surface area contributed by atoms with Crippen molar-refractivity contribution in [1.29, 1.82) is 0 Å². The van der Waals surface area contributed by atoms with Gasteiger partial charge in [0.2, 0.25) is 0 Å². The molecule has 110 valence electrons. The van der Waals surface area contributed by atoms with Crippen LogP contribution >= 0.6 is 0 Å². The first-order chi connectivity index (χ1) is 10.5. The highest BCUT2D eigenvalue weighted by atomic mass is 19.1. The molecule has 0 saturated heterocycles. The molecule has 0 aliphatic rings. The maximum Gasteiger partial charge on any atom is 0.271 e. The second kappa shape index (κ2) is 5.03. The molecule has 0 aliphatic carbocycles. The number of hydrogen-bond acceptors (Lipinski definition) is 4. The zero-order valence-electron chi connectivity index (χ0n) is 11.5. The largest absolute Gasteiger partial charge is 0.293 e. The number of nitro groups is 1. The molecule has 3 aromatic rings. The molecule has 0 spiro atoms. The van der Waals surface area contributed by atoms with Gasteiger partial charge >= 0.3 is 0 Å². The summed E-state index contributed by atoms with van der Waals surface area (Å²) in [6, 6.07) is 9.66. The number of halogens is 1. The van der Waals surface area contributed by atoms with Gasteiger partial charge in [-0.15, -0.1) is 0 Å². The number of carbonyl (C=O) groups is 1. The normalized spacial score (nSPS) is 10.8. The number of non-ortho nitro benzene ring substituents is 1. The van der Waals surface area contributed by atoms with Gasteiger partial charge in [0.15, 0.2) is 5.78 Å². The van der Waals surface area contributed by atoms with Gasteiger partial charge in [-0.1, -0.05) is 0 Å². The van der Waals surface area contributed by atoms with E-state index in [9.17, 15) is 19.3 Å². The SMILES string of the molecule is CC(=O)c1nn(-c2ccc(F)cc2)c2cc([N+](=O)[O-])ccc12. The number of nitrogens with zero attached hydrogens (tertiary/aromatic N) is 3. The van der Waals surface area contributed by atoms with Crippen LogP contribution in [0.2, 0.25) is 0 Å². The summed E-state index contributed by atoms with van der Waals surface area (Å²) >= 11 is 0. The van der Waals surface area contributed by atoms with Gasteiger partial charge in [-0.3, -0.25) is 14.9 Å². The standard InChI is InChI=1S/C15H10FN3O3/c1-9(20)15-13-7-6-12(19(21)22)8-14(13)18(17-15)11-4-2-10(16)3-5-11/h2-8H,1H3. The van der Waals surface area contributed by atoms with Gasteiger partial charge in [-0.2, -0.15) is 5.10 Å². The van der Waals surface area contributed by atoms with Gasteiger partial charge < -0.3 is 0 Å². The van der Waals surface area contributed by atoms with Crippen molar-refractivity contribution in [3.63, 3.8) is 0 Å². The zero-order valence-corrected chi connectivity index (χ0v) is 11.5. The lowest BCUT2D eigenvalue weighted by Crippen LogP contribution is -1.99. The number of rotatable bonds is 3. The van der Waals surface area contributed by atoms with E-state index in [1.165, 1.54) is 54.1 Å². The average Bonchev–Trinajstić information content (AvgIpc) is 2.87. The molecule has 0 unspecified atom stereocenters. The minimum atomic E-state index is -0.519. The molecule has 0 N–H and O–H groups in total. The average molecular weight is 299 g/mol. The molecule has 6 nitrogen and oxygen atoms in total. The Kier molecular flexibility index (Phi) is 3.17. The smallest absolute Gasteiger partial charge is 0.271 e. The Morgan fingerprint density at radius 3 is 2.50 bits per heavy atom. The van der Waals surface area contributed by atoms with Crippen molar-refractivity contribution in [3.05, 3.63) is 64.1 Å². The molecule has 7 heteroatoms. The van der Waals surface area contributed by atoms with Crippen molar-refractivity contribution in [2.75, 3.05) is 0 Å². The predicted octanol–water partition coefficient (Wildman–Crippen LogP) is 3.28. The number of benzene rings is 2. The van der Waals surface area contributed by atoms with Crippen molar-refractivity contribution >= 4 is 22.4 Å². The number of fused-ring (bicyclic) bond motifs is 1. The Balaban J connectivity index is 2.32. The summed E-state index contributed by atoms with van der Waals surface area (Å²) in [5, 5.41) is 15.7. The fraction of sp³-hybridized carbons (Fsp3) is 0.0667. The lowest BCUT2D eigenvalue weighted by molar-refractivity contribution is -0.384. The van der Waals surface area contributed by atoms with Crippen molar-refractivity contribution in [2.45, 2.75) is 6.92 Å². The fourth-order valence-electron chi connectivity index (χ4n) is 2.26. The number of ketones is 1. The summed E-state index contributed by atoms with van der Waals surface area (Å²) in [5.74, 6) is -0.655. The first-order valence-corrected chi connectivity index (χ1v) is 6.41. The molecular weight excluding hydrogens is 289 g/mol. The summed E-state index contributed by atoms with van der Waals surface area (Å²) in [5.41, 5.74) is 1.05. The van der Waals surface area contributed by atoms with E-state index < -0.39 is 10.7 Å². The molecule has 0 radical (unpaired) electrons. The summed E-state index contributed by atoms with van der Waals surface area (Å²) in [6.45, 7) is 1.37. The first-order valence-electron chi connectivity index (χ1n) is 6.41. The van der Waals surface area contributed by atoms with E-state index in [-0.39, 0.29) is 17.2 Å². The Labute approximate surface area is 123 Å². The van der Waals surface area contributed by atoms with Crippen LogP contribution in [0.4, 0.5) is 10.1 Å². The predicted molar refractivity (Wildman–Crippen MR) is 77.7 cm³/mol. The molecule has 0 atom stereocenters. The van der Waals surface area contributed by atoms with Gasteiger partial charge in [0.25, 0.3) is 5.69 Å². The molecule has 3 rings (SSSR count). The second-order valence-corrected chi connectivity index (χ2v) is 4.75. The minimum Gasteiger partial charge on any atom is -0.293 e. The van der Waals surface area contributed by atoms with Crippen LogP contribution in [0.25, 0.3) is 16.6 Å². The third kappa shape index (κ3) is 2.22. The topological polar surface area (TPSA) is 78.0 Å². The van der Waals surface area contributed by atoms with E-state index in [2.05, 4.69) is 5.10 Å². The first kappa shape index (κ1) is 13.9. The van der Waals surface area contributed by atoms with Crippen LogP contribution in [0.1, 0.15) is 17.4 Å². The van der Waals surface area contributed by atoms with Crippen molar-refractivity contribution < 1.29 is 14.1 Å². The Hall–Kier alpha value is -3.09. The van der Waals surface area contributed by atoms with Crippen LogP contribution in [0.5, 0.6) is 0 Å². The minimum absolute atomic E-state index is 0.106. The van der Waals surface area contributed by atoms with Crippen molar-refractivity contribution in [3.8, 4) is 5.69 Å². The summed E-state index contributed by atoms with van der Waals surface area (Å²) in [6.07, 6.45) is 0. The summed E-state index contributed by atoms with van der Waals surface area (Å²) in [7, 11) is 0. The van der Waals surface area contributed by atoms with Crippen molar-refractivity contribution in [1.82, 2.24) is 9.78 Å². The molecule has 0 aliphatic heterocycles. The third-order valence-electron chi connectivity index (χ3n) is 3.28. The quantitative estimate of drug-likeness (QED) is 0.422. The van der Waals surface area contributed by atoms with Crippen LogP contribution in [0, 0.1) is 15.9 Å². The summed E-state index contributed by atoms with van der Waals surface area (Å²) in [4.78, 5) is 22.1. The molecule has 2 aromatic carbocycles. The van der Waals surface area contributed by atoms with Crippen molar-refractivity contribution in [2.24, 2.45) is 0 Å². The highest BCUT2D eigenvalue weighted by Gasteiger charge is 2.18. The Morgan fingerprint density at radius 2 is 1.91 bits per heavy atom. The fourth-order valence-corrected chi connectivity index (χ4v) is 2.26. The molecule has 1 heterocycles. The van der Waals surface area contributed by atoms with E-state index >= 15 is 0 Å². The van der Waals surface area contributed by atoms with Crippen LogP contribution in [-0.2, 0) is 0 Å². The maximum absolute atomic E-state index is 13.0. The van der Waals surface area contributed by atoms with Crippen LogP contribution in [-0.4, -0.2) is 20.5 Å². The highest BCUT2D eigenvalue weighted by molar-refractivity contribution is 6.05. The number of nitro benzene ring substituents is 1. The van der Waals surface area contributed by atoms with E-state index in [0.29, 0.717) is 16.6 Å². The third-order valence-corrected chi connectivity index (χ3v) is 3.28. The van der Waals surface area contributed by atoms with E-state index in [0.717, 1.165) is 0 Å². The van der Waals surface area contributed by atoms with Gasteiger partial charge in [0, 0.05) is 24.4 Å². The number of hydrogen-bond donors (Lipinski definition) is 0. The molecule has 0 amide bonds. The summed E-state index contributed by atoms with van der Waals surface area (Å²) < 4.78 is 14.4. The lowest BCUT2D eigenvalue weighted by atomic mass is 10.1. The van der Waals surface area contributed by atoms with Crippen LogP contribution in [0.15, 0.2) is 42.5 Å². The van der Waals surface area contributed by atoms with Gasteiger partial charge in [-0.25, -0.2) is 9.07 Å². The number of Topliss-reactive ketones (excluding diaryl/α,β-unsaturated/α-hetero) is 1. The molecule has 22 heavy (non-hydrogen) atoms. The lowest BCUT2D eigenvalue weighted by Gasteiger charge is -2.03. The Bertz CT molecular complexity index is 900. The van der Waals surface area contributed by atoms with E-state index in [1.807, 2.05) is 0 Å². The van der Waals surface area contributed by atoms with Gasteiger partial charge in [0.05, 0.1) is 16.1 Å². The van der Waals surface area contributed by atoms with Crippen LogP contribution < -0.4 is 0 Å². The monoisotopic (exact) mass is 299 g/mol. The molecule has 0 saturated carbocycles. The second-order valence-electron chi connectivity index (χ2n) is 4.75. The molecule has 1 aromatic heterocycles. The highest BCUT2D eigenvalue weighted by Crippen LogP contribution is 2.26. The number of aromatic nitrogens is 2. The zero-order chi connectivity index (χ0) is 15.9. The van der Waals surface area contributed by atoms with E-state index in [1.54, 1.807) is 0 Å². The maximum atomic E-state index is 13.0. The molecule has 0 bridgehead atoms. The number of carbonyl (C=O) groups excluding carboxylic acids is 1. The molecular formula is C15H10FN3O3. The Morgan fingerprint density at radius 1 is 1.23 bits per heavy atom. The van der Waals surface area contributed by atoms with Gasteiger partial charge in [-0.05, 0) is 30.3 Å².